The first-order valence-corrected chi connectivity index (χ1v) is 10.3. The van der Waals surface area contributed by atoms with Crippen LogP contribution in [0.3, 0.4) is 0 Å². The summed E-state index contributed by atoms with van der Waals surface area (Å²) >= 11 is 5.91. The highest BCUT2D eigenvalue weighted by atomic mass is 35.5. The molecule has 0 aromatic heterocycles. The third kappa shape index (κ3) is 4.93. The number of amides is 2. The van der Waals surface area contributed by atoms with Gasteiger partial charge in [0.25, 0.3) is 5.91 Å². The fraction of sp³-hybridized carbons (Fsp3) is 0.391. The molecule has 2 aromatic rings. The lowest BCUT2D eigenvalue weighted by Crippen LogP contribution is -2.46. The normalized spacial score (nSPS) is 17.8. The van der Waals surface area contributed by atoms with Gasteiger partial charge in [0.05, 0.1) is 12.0 Å². The first kappa shape index (κ1) is 20.4. The molecule has 2 unspecified atom stereocenters. The van der Waals surface area contributed by atoms with Crippen molar-refractivity contribution in [1.82, 2.24) is 10.2 Å². The zero-order valence-corrected chi connectivity index (χ0v) is 17.2. The highest BCUT2D eigenvalue weighted by Crippen LogP contribution is 2.23. The van der Waals surface area contributed by atoms with Crippen LogP contribution in [0.1, 0.15) is 53.7 Å². The molecule has 1 heterocycles. The number of piperidine rings is 1. The van der Waals surface area contributed by atoms with E-state index in [1.165, 1.54) is 5.56 Å². The summed E-state index contributed by atoms with van der Waals surface area (Å²) in [5, 5.41) is 3.79. The summed E-state index contributed by atoms with van der Waals surface area (Å²) in [5.41, 5.74) is 2.93. The van der Waals surface area contributed by atoms with Crippen molar-refractivity contribution in [2.45, 2.75) is 39.2 Å². The van der Waals surface area contributed by atoms with E-state index < -0.39 is 0 Å². The van der Waals surface area contributed by atoms with Crippen LogP contribution in [-0.4, -0.2) is 29.8 Å². The first-order valence-electron chi connectivity index (χ1n) is 9.89. The Balaban J connectivity index is 1.64. The molecule has 148 valence electrons. The largest absolute Gasteiger partial charge is 0.349 e. The Morgan fingerprint density at radius 1 is 1.14 bits per heavy atom. The van der Waals surface area contributed by atoms with Crippen molar-refractivity contribution in [3.63, 3.8) is 0 Å². The van der Waals surface area contributed by atoms with E-state index in [0.29, 0.717) is 23.7 Å². The van der Waals surface area contributed by atoms with Crippen molar-refractivity contribution >= 4 is 23.4 Å². The third-order valence-corrected chi connectivity index (χ3v) is 5.63. The summed E-state index contributed by atoms with van der Waals surface area (Å²) in [7, 11) is 0. The van der Waals surface area contributed by atoms with Gasteiger partial charge in [-0.1, -0.05) is 48.4 Å². The number of aryl methyl sites for hydroxylation is 1. The number of nitrogens with one attached hydrogen (secondary N) is 1. The molecule has 1 N–H and O–H groups in total. The highest BCUT2D eigenvalue weighted by molar-refractivity contribution is 6.30. The summed E-state index contributed by atoms with van der Waals surface area (Å²) < 4.78 is 0. The topological polar surface area (TPSA) is 49.4 Å². The molecule has 0 radical (unpaired) electrons. The molecule has 0 aliphatic carbocycles. The van der Waals surface area contributed by atoms with Gasteiger partial charge in [-0.25, -0.2) is 0 Å². The van der Waals surface area contributed by atoms with Gasteiger partial charge >= 0.3 is 0 Å². The monoisotopic (exact) mass is 398 g/mol. The minimum absolute atomic E-state index is 0.00422. The number of hydrogen-bond donors (Lipinski definition) is 1. The molecule has 1 fully saturated rings. The van der Waals surface area contributed by atoms with Crippen molar-refractivity contribution in [1.29, 1.82) is 0 Å². The lowest BCUT2D eigenvalue weighted by Gasteiger charge is -2.33. The van der Waals surface area contributed by atoms with E-state index in [2.05, 4.69) is 43.4 Å². The van der Waals surface area contributed by atoms with Crippen LogP contribution in [0.25, 0.3) is 0 Å². The van der Waals surface area contributed by atoms with E-state index in [0.717, 1.165) is 24.8 Å². The molecule has 4 nitrogen and oxygen atoms in total. The second-order valence-corrected chi connectivity index (χ2v) is 7.91. The van der Waals surface area contributed by atoms with E-state index in [1.807, 2.05) is 0 Å². The summed E-state index contributed by atoms with van der Waals surface area (Å²) in [6, 6.07) is 15.2. The van der Waals surface area contributed by atoms with Crippen LogP contribution in [0.5, 0.6) is 0 Å². The zero-order chi connectivity index (χ0) is 20.1. The van der Waals surface area contributed by atoms with Gasteiger partial charge in [-0.05, 0) is 56.0 Å². The van der Waals surface area contributed by atoms with E-state index in [1.54, 1.807) is 29.2 Å². The number of benzene rings is 2. The van der Waals surface area contributed by atoms with Gasteiger partial charge in [0.1, 0.15) is 0 Å². The van der Waals surface area contributed by atoms with Crippen LogP contribution >= 0.6 is 11.6 Å². The van der Waals surface area contributed by atoms with Gasteiger partial charge in [0, 0.05) is 23.7 Å². The van der Waals surface area contributed by atoms with Crippen molar-refractivity contribution in [2.75, 3.05) is 13.1 Å². The molecule has 2 amide bonds. The number of nitrogens with zero attached hydrogens (tertiary/aromatic N) is 1. The number of likely N-dealkylation sites (tertiary alicyclic amines) is 1. The molecular weight excluding hydrogens is 372 g/mol. The molecule has 1 aliphatic rings. The smallest absolute Gasteiger partial charge is 0.253 e. The maximum Gasteiger partial charge on any atom is 0.253 e. The maximum atomic E-state index is 12.9. The Labute approximate surface area is 171 Å². The summed E-state index contributed by atoms with van der Waals surface area (Å²) in [4.78, 5) is 27.4. The molecule has 5 heteroatoms. The molecule has 3 rings (SSSR count). The molecule has 28 heavy (non-hydrogen) atoms. The van der Waals surface area contributed by atoms with Crippen LogP contribution in [-0.2, 0) is 4.79 Å². The second kappa shape index (κ2) is 9.24. The van der Waals surface area contributed by atoms with Crippen LogP contribution < -0.4 is 5.32 Å². The number of hydrogen-bond acceptors (Lipinski definition) is 2. The SMILES string of the molecule is CCC(NC(=O)C1CCCN(C(=O)c2ccc(Cl)cc2)C1)c1ccc(C)cc1. The molecule has 2 atom stereocenters. The van der Waals surface area contributed by atoms with Crippen molar-refractivity contribution in [3.8, 4) is 0 Å². The molecule has 2 aromatic carbocycles. The van der Waals surface area contributed by atoms with Crippen molar-refractivity contribution < 1.29 is 9.59 Å². The molecule has 1 saturated heterocycles. The summed E-state index contributed by atoms with van der Waals surface area (Å²) in [5.74, 6) is -0.190. The standard InChI is InChI=1S/C23H27ClN2O2/c1-3-21(17-8-6-16(2)7-9-17)25-22(27)19-5-4-14-26(15-19)23(28)18-10-12-20(24)13-11-18/h6-13,19,21H,3-5,14-15H2,1-2H3,(H,25,27). The summed E-state index contributed by atoms with van der Waals surface area (Å²) in [6.45, 7) is 5.26. The van der Waals surface area contributed by atoms with Crippen molar-refractivity contribution in [3.05, 3.63) is 70.2 Å². The maximum absolute atomic E-state index is 12.9. The van der Waals surface area contributed by atoms with Gasteiger partial charge in [0.2, 0.25) is 5.91 Å². The first-order chi connectivity index (χ1) is 13.5. The van der Waals surface area contributed by atoms with Crippen LogP contribution in [0.4, 0.5) is 0 Å². The lowest BCUT2D eigenvalue weighted by atomic mass is 9.95. The predicted molar refractivity (Wildman–Crippen MR) is 112 cm³/mol. The number of rotatable bonds is 5. The van der Waals surface area contributed by atoms with E-state index in [-0.39, 0.29) is 23.8 Å². The molecule has 0 spiro atoms. The van der Waals surface area contributed by atoms with Crippen LogP contribution in [0.2, 0.25) is 5.02 Å². The highest BCUT2D eigenvalue weighted by Gasteiger charge is 2.30. The fourth-order valence-electron chi connectivity index (χ4n) is 3.66. The quantitative estimate of drug-likeness (QED) is 0.788. The van der Waals surface area contributed by atoms with Gasteiger partial charge in [-0.2, -0.15) is 0 Å². The van der Waals surface area contributed by atoms with Crippen molar-refractivity contribution in [2.24, 2.45) is 5.92 Å². The molecular formula is C23H27ClN2O2. The molecule has 0 saturated carbocycles. The Hall–Kier alpha value is -2.33. The van der Waals surface area contributed by atoms with Gasteiger partial charge < -0.3 is 10.2 Å². The Bertz CT molecular complexity index is 818. The van der Waals surface area contributed by atoms with E-state index in [4.69, 9.17) is 11.6 Å². The average Bonchev–Trinajstić information content (AvgIpc) is 2.72. The lowest BCUT2D eigenvalue weighted by molar-refractivity contribution is -0.127. The number of halogens is 1. The van der Waals surface area contributed by atoms with Gasteiger partial charge in [-0.15, -0.1) is 0 Å². The minimum atomic E-state index is -0.176. The minimum Gasteiger partial charge on any atom is -0.349 e. The van der Waals surface area contributed by atoms with Crippen LogP contribution in [0, 0.1) is 12.8 Å². The Morgan fingerprint density at radius 3 is 2.46 bits per heavy atom. The van der Waals surface area contributed by atoms with Crippen LogP contribution in [0.15, 0.2) is 48.5 Å². The van der Waals surface area contributed by atoms with Gasteiger partial charge in [0.15, 0.2) is 0 Å². The second-order valence-electron chi connectivity index (χ2n) is 7.48. The van der Waals surface area contributed by atoms with Gasteiger partial charge in [-0.3, -0.25) is 9.59 Å². The number of carbonyl (C=O) groups is 2. The number of carbonyl (C=O) groups excluding carboxylic acids is 2. The third-order valence-electron chi connectivity index (χ3n) is 5.38. The predicted octanol–water partition coefficient (Wildman–Crippen LogP) is 4.77. The Morgan fingerprint density at radius 2 is 1.82 bits per heavy atom. The Kier molecular flexibility index (Phi) is 6.74. The summed E-state index contributed by atoms with van der Waals surface area (Å²) in [6.07, 6.45) is 2.47. The molecule has 1 aliphatic heterocycles. The zero-order valence-electron chi connectivity index (χ0n) is 16.5. The average molecular weight is 399 g/mol. The van der Waals surface area contributed by atoms with E-state index in [9.17, 15) is 9.59 Å². The molecule has 0 bridgehead atoms. The van der Waals surface area contributed by atoms with E-state index >= 15 is 0 Å². The fourth-order valence-corrected chi connectivity index (χ4v) is 3.79.